The van der Waals surface area contributed by atoms with Gasteiger partial charge in [-0.25, -0.2) is 9.18 Å². The summed E-state index contributed by atoms with van der Waals surface area (Å²) in [5, 5.41) is 3.64. The second kappa shape index (κ2) is 7.17. The molecule has 0 saturated carbocycles. The molecule has 1 amide bonds. The number of amides is 1. The number of benzene rings is 2. The third-order valence-electron chi connectivity index (χ3n) is 4.00. The monoisotopic (exact) mass is 340 g/mol. The van der Waals surface area contributed by atoms with Crippen LogP contribution in [0.25, 0.3) is 10.9 Å². The number of nitrogens with one attached hydrogen (secondary N) is 2. The van der Waals surface area contributed by atoms with Crippen molar-refractivity contribution in [3.63, 3.8) is 0 Å². The van der Waals surface area contributed by atoms with Crippen molar-refractivity contribution >= 4 is 22.8 Å². The Bertz CT molecular complexity index is 902. The lowest BCUT2D eigenvalue weighted by Gasteiger charge is -2.16. The van der Waals surface area contributed by atoms with E-state index in [-0.39, 0.29) is 12.0 Å². The summed E-state index contributed by atoms with van der Waals surface area (Å²) in [5.74, 6) is -1.43. The fourth-order valence-electron chi connectivity index (χ4n) is 2.70. The zero-order valence-corrected chi connectivity index (χ0v) is 13.6. The van der Waals surface area contributed by atoms with Gasteiger partial charge in [-0.1, -0.05) is 18.2 Å². The maximum Gasteiger partial charge on any atom is 0.328 e. The number of ether oxygens (including phenoxy) is 1. The van der Waals surface area contributed by atoms with Crippen LogP contribution in [0.3, 0.4) is 0 Å². The number of aromatic nitrogens is 1. The minimum absolute atomic E-state index is 0.272. The second-order valence-corrected chi connectivity index (χ2v) is 5.62. The topological polar surface area (TPSA) is 71.2 Å². The maximum absolute atomic E-state index is 13.0. The molecule has 3 aromatic rings. The molecule has 2 N–H and O–H groups in total. The van der Waals surface area contributed by atoms with Crippen molar-refractivity contribution in [2.45, 2.75) is 12.5 Å². The predicted octanol–water partition coefficient (Wildman–Crippen LogP) is 2.82. The van der Waals surface area contributed by atoms with Gasteiger partial charge in [-0.2, -0.15) is 0 Å². The highest BCUT2D eigenvalue weighted by Crippen LogP contribution is 2.19. The van der Waals surface area contributed by atoms with Crippen molar-refractivity contribution in [3.8, 4) is 0 Å². The number of hydrogen-bond donors (Lipinski definition) is 2. The van der Waals surface area contributed by atoms with Gasteiger partial charge < -0.3 is 15.0 Å². The van der Waals surface area contributed by atoms with Gasteiger partial charge in [-0.15, -0.1) is 0 Å². The Morgan fingerprint density at radius 1 is 1.16 bits per heavy atom. The van der Waals surface area contributed by atoms with E-state index in [4.69, 9.17) is 4.74 Å². The molecule has 0 spiro atoms. The van der Waals surface area contributed by atoms with E-state index >= 15 is 0 Å². The quantitative estimate of drug-likeness (QED) is 0.702. The molecule has 0 aliphatic rings. The fraction of sp³-hybridized carbons (Fsp3) is 0.158. The first-order chi connectivity index (χ1) is 12.1. The number of rotatable bonds is 5. The van der Waals surface area contributed by atoms with Gasteiger partial charge in [-0.05, 0) is 35.9 Å². The third kappa shape index (κ3) is 3.68. The zero-order chi connectivity index (χ0) is 17.8. The lowest BCUT2D eigenvalue weighted by Crippen LogP contribution is -2.43. The first kappa shape index (κ1) is 16.7. The van der Waals surface area contributed by atoms with Gasteiger partial charge in [0, 0.05) is 29.1 Å². The molecule has 0 radical (unpaired) electrons. The van der Waals surface area contributed by atoms with Gasteiger partial charge in [-0.3, -0.25) is 4.79 Å². The molecule has 1 heterocycles. The van der Waals surface area contributed by atoms with E-state index in [0.29, 0.717) is 0 Å². The first-order valence-corrected chi connectivity index (χ1v) is 7.77. The van der Waals surface area contributed by atoms with E-state index in [1.54, 1.807) is 0 Å². The predicted molar refractivity (Wildman–Crippen MR) is 91.7 cm³/mol. The molecule has 1 unspecified atom stereocenters. The van der Waals surface area contributed by atoms with Crippen LogP contribution in [0.1, 0.15) is 15.9 Å². The van der Waals surface area contributed by atoms with Crippen LogP contribution in [0, 0.1) is 5.82 Å². The maximum atomic E-state index is 13.0. The Labute approximate surface area is 143 Å². The molecular weight excluding hydrogens is 323 g/mol. The van der Waals surface area contributed by atoms with E-state index in [9.17, 15) is 14.0 Å². The van der Waals surface area contributed by atoms with Crippen LogP contribution in [0.4, 0.5) is 4.39 Å². The van der Waals surface area contributed by atoms with Crippen LogP contribution in [-0.4, -0.2) is 30.0 Å². The number of H-pyrrole nitrogens is 1. The highest BCUT2D eigenvalue weighted by atomic mass is 19.1. The number of carbonyl (C=O) groups excluding carboxylic acids is 2. The summed E-state index contributed by atoms with van der Waals surface area (Å²) < 4.78 is 17.8. The van der Waals surface area contributed by atoms with E-state index in [0.717, 1.165) is 16.5 Å². The largest absolute Gasteiger partial charge is 0.467 e. The molecule has 1 atom stereocenters. The third-order valence-corrected chi connectivity index (χ3v) is 4.00. The van der Waals surface area contributed by atoms with Gasteiger partial charge in [0.05, 0.1) is 7.11 Å². The SMILES string of the molecule is COC(=O)C(Cc1c[nH]c2ccccc12)NC(=O)c1ccc(F)cc1. The number of esters is 1. The average molecular weight is 340 g/mol. The number of hydrogen-bond acceptors (Lipinski definition) is 3. The highest BCUT2D eigenvalue weighted by molar-refractivity contribution is 5.97. The summed E-state index contributed by atoms with van der Waals surface area (Å²) in [6.45, 7) is 0. The number of carbonyl (C=O) groups is 2. The van der Waals surface area contributed by atoms with Crippen molar-refractivity contribution in [1.82, 2.24) is 10.3 Å². The van der Waals surface area contributed by atoms with E-state index in [1.165, 1.54) is 31.4 Å². The Balaban J connectivity index is 1.81. The molecule has 0 aliphatic heterocycles. The second-order valence-electron chi connectivity index (χ2n) is 5.62. The number of aromatic amines is 1. The van der Waals surface area contributed by atoms with Crippen LogP contribution >= 0.6 is 0 Å². The molecule has 0 bridgehead atoms. The Morgan fingerprint density at radius 2 is 1.88 bits per heavy atom. The molecule has 25 heavy (non-hydrogen) atoms. The summed E-state index contributed by atoms with van der Waals surface area (Å²) in [6.07, 6.45) is 2.09. The molecule has 0 saturated heterocycles. The van der Waals surface area contributed by atoms with Crippen molar-refractivity contribution in [2.75, 3.05) is 7.11 Å². The van der Waals surface area contributed by atoms with Crippen molar-refractivity contribution in [3.05, 3.63) is 71.7 Å². The Morgan fingerprint density at radius 3 is 2.60 bits per heavy atom. The molecule has 3 rings (SSSR count). The van der Waals surface area contributed by atoms with Crippen molar-refractivity contribution < 1.29 is 18.7 Å². The molecule has 0 fully saturated rings. The van der Waals surface area contributed by atoms with Gasteiger partial charge in [0.25, 0.3) is 5.91 Å². The van der Waals surface area contributed by atoms with Crippen LogP contribution in [0.2, 0.25) is 0 Å². The van der Waals surface area contributed by atoms with Gasteiger partial charge in [0.15, 0.2) is 0 Å². The minimum Gasteiger partial charge on any atom is -0.467 e. The standard InChI is InChI=1S/C19H17FN2O3/c1-25-19(24)17(22-18(23)12-6-8-14(20)9-7-12)10-13-11-21-16-5-3-2-4-15(13)16/h2-9,11,17,21H,10H2,1H3,(H,22,23). The molecule has 5 nitrogen and oxygen atoms in total. The van der Waals surface area contributed by atoms with Crippen LogP contribution in [0.15, 0.2) is 54.7 Å². The Kier molecular flexibility index (Phi) is 4.79. The summed E-state index contributed by atoms with van der Waals surface area (Å²) in [4.78, 5) is 27.6. The number of halogens is 1. The average Bonchev–Trinajstić information content (AvgIpc) is 3.04. The van der Waals surface area contributed by atoms with Crippen LogP contribution in [0.5, 0.6) is 0 Å². The highest BCUT2D eigenvalue weighted by Gasteiger charge is 2.23. The summed E-state index contributed by atoms with van der Waals surface area (Å²) in [7, 11) is 1.27. The van der Waals surface area contributed by atoms with Gasteiger partial charge in [0.2, 0.25) is 0 Å². The lowest BCUT2D eigenvalue weighted by atomic mass is 10.0. The summed E-state index contributed by atoms with van der Waals surface area (Å²) in [5.41, 5.74) is 2.12. The van der Waals surface area contributed by atoms with Crippen LogP contribution < -0.4 is 5.32 Å². The molecule has 1 aromatic heterocycles. The van der Waals surface area contributed by atoms with Crippen molar-refractivity contribution in [1.29, 1.82) is 0 Å². The smallest absolute Gasteiger partial charge is 0.328 e. The summed E-state index contributed by atoms with van der Waals surface area (Å²) in [6, 6.07) is 12.0. The number of fused-ring (bicyclic) bond motifs is 1. The first-order valence-electron chi connectivity index (χ1n) is 7.77. The Hall–Kier alpha value is -3.15. The zero-order valence-electron chi connectivity index (χ0n) is 13.6. The molecule has 0 aliphatic carbocycles. The van der Waals surface area contributed by atoms with E-state index < -0.39 is 23.7 Å². The van der Waals surface area contributed by atoms with Gasteiger partial charge >= 0.3 is 5.97 Å². The normalized spacial score (nSPS) is 11.9. The van der Waals surface area contributed by atoms with E-state index in [2.05, 4.69) is 10.3 Å². The van der Waals surface area contributed by atoms with Crippen molar-refractivity contribution in [2.24, 2.45) is 0 Å². The van der Waals surface area contributed by atoms with Gasteiger partial charge in [0.1, 0.15) is 11.9 Å². The number of para-hydroxylation sites is 1. The number of methoxy groups -OCH3 is 1. The summed E-state index contributed by atoms with van der Waals surface area (Å²) >= 11 is 0. The molecule has 6 heteroatoms. The van der Waals surface area contributed by atoms with Crippen LogP contribution in [-0.2, 0) is 16.0 Å². The molecule has 2 aromatic carbocycles. The molecule has 128 valence electrons. The fourth-order valence-corrected chi connectivity index (χ4v) is 2.70. The molecular formula is C19H17FN2O3. The minimum atomic E-state index is -0.846. The lowest BCUT2D eigenvalue weighted by molar-refractivity contribution is -0.142. The van der Waals surface area contributed by atoms with E-state index in [1.807, 2.05) is 30.5 Å².